The van der Waals surface area contributed by atoms with Crippen LogP contribution < -0.4 is 5.32 Å². The molecule has 1 N–H and O–H groups in total. The summed E-state index contributed by atoms with van der Waals surface area (Å²) in [5, 5.41) is 2.80. The van der Waals surface area contributed by atoms with Gasteiger partial charge in [-0.25, -0.2) is 0 Å². The van der Waals surface area contributed by atoms with Crippen molar-refractivity contribution in [1.82, 2.24) is 15.2 Å². The molecular weight excluding hydrogens is 310 g/mol. The summed E-state index contributed by atoms with van der Waals surface area (Å²) in [6, 6.07) is 1.60. The lowest BCUT2D eigenvalue weighted by atomic mass is 10.1. The molecule has 0 aromatic carbocycles. The number of aromatic nitrogens is 1. The van der Waals surface area contributed by atoms with Crippen molar-refractivity contribution in [2.24, 2.45) is 5.92 Å². The summed E-state index contributed by atoms with van der Waals surface area (Å²) in [5.74, 6) is 0.293. The van der Waals surface area contributed by atoms with Gasteiger partial charge >= 0.3 is 0 Å². The molecule has 1 aromatic heterocycles. The molecule has 3 rings (SSSR count). The summed E-state index contributed by atoms with van der Waals surface area (Å²) < 4.78 is 0.873. The Labute approximate surface area is 119 Å². The highest BCUT2D eigenvalue weighted by Gasteiger charge is 2.42. The van der Waals surface area contributed by atoms with E-state index in [0.717, 1.165) is 22.9 Å². The second-order valence-electron chi connectivity index (χ2n) is 5.09. The predicted octanol–water partition coefficient (Wildman–Crippen LogP) is 1.08. The third-order valence-corrected chi connectivity index (χ3v) is 3.89. The number of piperazine rings is 1. The van der Waals surface area contributed by atoms with Gasteiger partial charge in [-0.1, -0.05) is 0 Å². The van der Waals surface area contributed by atoms with Gasteiger partial charge < -0.3 is 10.2 Å². The lowest BCUT2D eigenvalue weighted by molar-refractivity contribution is -0.145. The molecule has 0 bridgehead atoms. The zero-order valence-corrected chi connectivity index (χ0v) is 11.9. The van der Waals surface area contributed by atoms with E-state index in [1.807, 2.05) is 6.07 Å². The highest BCUT2D eigenvalue weighted by atomic mass is 79.9. The molecule has 19 heavy (non-hydrogen) atoms. The first-order chi connectivity index (χ1) is 9.13. The zero-order valence-electron chi connectivity index (χ0n) is 10.3. The first-order valence-electron chi connectivity index (χ1n) is 6.31. The maximum absolute atomic E-state index is 12.3. The molecule has 1 aliphatic carbocycles. The SMILES string of the molecule is O=C1CN(Cc2cncc(Br)c2)C(=O)C(C2CC2)N1. The molecule has 1 atom stereocenters. The summed E-state index contributed by atoms with van der Waals surface area (Å²) in [6.07, 6.45) is 5.48. The van der Waals surface area contributed by atoms with Crippen LogP contribution in [0.2, 0.25) is 0 Å². The van der Waals surface area contributed by atoms with E-state index in [-0.39, 0.29) is 24.4 Å². The minimum Gasteiger partial charge on any atom is -0.342 e. The van der Waals surface area contributed by atoms with Gasteiger partial charge in [0.25, 0.3) is 0 Å². The third kappa shape index (κ3) is 2.78. The Morgan fingerprint density at radius 1 is 1.37 bits per heavy atom. The van der Waals surface area contributed by atoms with Crippen molar-refractivity contribution in [3.05, 3.63) is 28.5 Å². The van der Waals surface area contributed by atoms with Crippen LogP contribution in [0.15, 0.2) is 22.9 Å². The van der Waals surface area contributed by atoms with Gasteiger partial charge in [-0.3, -0.25) is 14.6 Å². The maximum atomic E-state index is 12.3. The first kappa shape index (κ1) is 12.6. The molecule has 2 aliphatic rings. The molecule has 100 valence electrons. The average molecular weight is 324 g/mol. The topological polar surface area (TPSA) is 62.3 Å². The van der Waals surface area contributed by atoms with Crippen molar-refractivity contribution in [2.45, 2.75) is 25.4 Å². The molecule has 2 heterocycles. The molecule has 0 spiro atoms. The van der Waals surface area contributed by atoms with Gasteiger partial charge in [-0.15, -0.1) is 0 Å². The molecule has 0 radical (unpaired) electrons. The standard InChI is InChI=1S/C13H14BrN3O2/c14-10-3-8(4-15-5-10)6-17-7-11(18)16-12(13(17)19)9-1-2-9/h3-5,9,12H,1-2,6-7H2,(H,16,18). The second-order valence-corrected chi connectivity index (χ2v) is 6.00. The van der Waals surface area contributed by atoms with E-state index in [4.69, 9.17) is 0 Å². The Balaban J connectivity index is 1.75. The van der Waals surface area contributed by atoms with E-state index in [1.54, 1.807) is 17.3 Å². The number of pyridine rings is 1. The van der Waals surface area contributed by atoms with Crippen LogP contribution in [0.3, 0.4) is 0 Å². The average Bonchev–Trinajstić information content (AvgIpc) is 3.17. The number of amides is 2. The number of hydrogen-bond donors (Lipinski definition) is 1. The van der Waals surface area contributed by atoms with E-state index in [0.29, 0.717) is 12.5 Å². The van der Waals surface area contributed by atoms with Crippen molar-refractivity contribution < 1.29 is 9.59 Å². The van der Waals surface area contributed by atoms with Crippen LogP contribution in [0.25, 0.3) is 0 Å². The van der Waals surface area contributed by atoms with E-state index in [9.17, 15) is 9.59 Å². The smallest absolute Gasteiger partial charge is 0.246 e. The van der Waals surface area contributed by atoms with Crippen molar-refractivity contribution in [2.75, 3.05) is 6.54 Å². The molecular formula is C13H14BrN3O2. The fourth-order valence-corrected chi connectivity index (χ4v) is 2.79. The largest absolute Gasteiger partial charge is 0.342 e. The fraction of sp³-hybridized carbons (Fsp3) is 0.462. The quantitative estimate of drug-likeness (QED) is 0.905. The van der Waals surface area contributed by atoms with Crippen LogP contribution in [0.1, 0.15) is 18.4 Å². The summed E-state index contributed by atoms with van der Waals surface area (Å²) in [6.45, 7) is 0.566. The van der Waals surface area contributed by atoms with Gasteiger partial charge in [0.1, 0.15) is 6.04 Å². The minimum absolute atomic E-state index is 0.0297. The number of hydrogen-bond acceptors (Lipinski definition) is 3. The number of halogens is 1. The highest BCUT2D eigenvalue weighted by Crippen LogP contribution is 2.34. The molecule has 2 fully saturated rings. The second kappa shape index (κ2) is 4.92. The number of carbonyl (C=O) groups excluding carboxylic acids is 2. The summed E-state index contributed by atoms with van der Waals surface area (Å²) in [7, 11) is 0. The molecule has 5 nitrogen and oxygen atoms in total. The van der Waals surface area contributed by atoms with Gasteiger partial charge in [0.05, 0.1) is 6.54 Å². The number of rotatable bonds is 3. The third-order valence-electron chi connectivity index (χ3n) is 3.46. The minimum atomic E-state index is -0.318. The summed E-state index contributed by atoms with van der Waals surface area (Å²) in [4.78, 5) is 29.7. The summed E-state index contributed by atoms with van der Waals surface area (Å²) >= 11 is 3.35. The Morgan fingerprint density at radius 3 is 2.84 bits per heavy atom. The van der Waals surface area contributed by atoms with Crippen LogP contribution in [0.5, 0.6) is 0 Å². The predicted molar refractivity (Wildman–Crippen MR) is 72.0 cm³/mol. The van der Waals surface area contributed by atoms with Gasteiger partial charge in [-0.2, -0.15) is 0 Å². The molecule has 1 saturated carbocycles. The van der Waals surface area contributed by atoms with Gasteiger partial charge in [0.15, 0.2) is 0 Å². The maximum Gasteiger partial charge on any atom is 0.246 e. The van der Waals surface area contributed by atoms with Crippen molar-refractivity contribution in [1.29, 1.82) is 0 Å². The van der Waals surface area contributed by atoms with E-state index >= 15 is 0 Å². The lowest BCUT2D eigenvalue weighted by Gasteiger charge is -2.32. The van der Waals surface area contributed by atoms with Crippen LogP contribution in [0.4, 0.5) is 0 Å². The van der Waals surface area contributed by atoms with Gasteiger partial charge in [-0.05, 0) is 46.3 Å². The van der Waals surface area contributed by atoms with Gasteiger partial charge in [0.2, 0.25) is 11.8 Å². The first-order valence-corrected chi connectivity index (χ1v) is 7.10. The Hall–Kier alpha value is -1.43. The Bertz CT molecular complexity index is 530. The van der Waals surface area contributed by atoms with Crippen molar-refractivity contribution in [3.63, 3.8) is 0 Å². The number of nitrogens with zero attached hydrogens (tertiary/aromatic N) is 2. The normalized spacial score (nSPS) is 23.4. The number of carbonyl (C=O) groups is 2. The molecule has 1 aliphatic heterocycles. The van der Waals surface area contributed by atoms with Crippen molar-refractivity contribution >= 4 is 27.7 Å². The van der Waals surface area contributed by atoms with E-state index in [1.165, 1.54) is 0 Å². The Morgan fingerprint density at radius 2 is 2.16 bits per heavy atom. The fourth-order valence-electron chi connectivity index (χ4n) is 2.37. The van der Waals surface area contributed by atoms with Crippen LogP contribution >= 0.6 is 15.9 Å². The lowest BCUT2D eigenvalue weighted by Crippen LogP contribution is -2.58. The molecule has 1 saturated heterocycles. The summed E-state index contributed by atoms with van der Waals surface area (Å²) in [5.41, 5.74) is 0.923. The van der Waals surface area contributed by atoms with Crippen molar-refractivity contribution in [3.8, 4) is 0 Å². The molecule has 6 heteroatoms. The van der Waals surface area contributed by atoms with Crippen LogP contribution in [-0.4, -0.2) is 34.3 Å². The monoisotopic (exact) mass is 323 g/mol. The Kier molecular flexibility index (Phi) is 3.26. The van der Waals surface area contributed by atoms with Crippen LogP contribution in [-0.2, 0) is 16.1 Å². The molecule has 1 aromatic rings. The van der Waals surface area contributed by atoms with E-state index < -0.39 is 0 Å². The highest BCUT2D eigenvalue weighted by molar-refractivity contribution is 9.10. The zero-order chi connectivity index (χ0) is 13.4. The van der Waals surface area contributed by atoms with Gasteiger partial charge in [0, 0.05) is 23.4 Å². The number of nitrogens with one attached hydrogen (secondary N) is 1. The molecule has 2 amide bonds. The molecule has 1 unspecified atom stereocenters. The van der Waals surface area contributed by atoms with Crippen LogP contribution in [0, 0.1) is 5.92 Å². The van der Waals surface area contributed by atoms with E-state index in [2.05, 4.69) is 26.2 Å².